The number of hydrogen-bond donors (Lipinski definition) is 1. The van der Waals surface area contributed by atoms with Crippen LogP contribution in [0, 0.1) is 23.7 Å². The van der Waals surface area contributed by atoms with Gasteiger partial charge in [0.05, 0.1) is 6.42 Å². The SMILES string of the molecule is O=C(O)CC=CC1CCC(CCC2CCC(CCc3ccc(Cl)cc3)CC2)CC1. The molecule has 29 heavy (non-hydrogen) atoms. The maximum atomic E-state index is 10.6. The quantitative estimate of drug-likeness (QED) is 0.418. The molecule has 2 nitrogen and oxygen atoms in total. The van der Waals surface area contributed by atoms with E-state index in [2.05, 4.69) is 18.2 Å². The van der Waals surface area contributed by atoms with Crippen LogP contribution in [0.3, 0.4) is 0 Å². The van der Waals surface area contributed by atoms with Crippen molar-refractivity contribution < 1.29 is 9.90 Å². The molecule has 1 N–H and O–H groups in total. The lowest BCUT2D eigenvalue weighted by Gasteiger charge is -2.31. The van der Waals surface area contributed by atoms with Gasteiger partial charge in [-0.05, 0) is 79.9 Å². The summed E-state index contributed by atoms with van der Waals surface area (Å²) in [5, 5.41) is 9.56. The van der Waals surface area contributed by atoms with E-state index in [-0.39, 0.29) is 6.42 Å². The zero-order valence-electron chi connectivity index (χ0n) is 17.7. The Morgan fingerprint density at radius 1 is 0.862 bits per heavy atom. The van der Waals surface area contributed by atoms with Gasteiger partial charge in [-0.15, -0.1) is 0 Å². The van der Waals surface area contributed by atoms with Crippen molar-refractivity contribution in [2.45, 2.75) is 83.5 Å². The van der Waals surface area contributed by atoms with E-state index in [1.807, 2.05) is 18.2 Å². The van der Waals surface area contributed by atoms with E-state index in [4.69, 9.17) is 16.7 Å². The van der Waals surface area contributed by atoms with Gasteiger partial charge < -0.3 is 5.11 Å². The molecule has 0 radical (unpaired) electrons. The lowest BCUT2D eigenvalue weighted by atomic mass is 9.74. The van der Waals surface area contributed by atoms with E-state index in [0.29, 0.717) is 5.92 Å². The predicted octanol–water partition coefficient (Wildman–Crippen LogP) is 7.70. The Morgan fingerprint density at radius 2 is 1.38 bits per heavy atom. The second-order valence-corrected chi connectivity index (χ2v) is 9.87. The van der Waals surface area contributed by atoms with Crippen molar-refractivity contribution in [3.05, 3.63) is 47.0 Å². The molecule has 0 heterocycles. The van der Waals surface area contributed by atoms with Crippen molar-refractivity contribution in [2.75, 3.05) is 0 Å². The number of halogens is 1. The van der Waals surface area contributed by atoms with Crippen molar-refractivity contribution in [1.82, 2.24) is 0 Å². The number of benzene rings is 1. The summed E-state index contributed by atoms with van der Waals surface area (Å²) >= 11 is 5.98. The molecule has 2 saturated carbocycles. The smallest absolute Gasteiger partial charge is 0.307 e. The number of carboxylic acids is 1. The van der Waals surface area contributed by atoms with Crippen LogP contribution in [0.15, 0.2) is 36.4 Å². The van der Waals surface area contributed by atoms with E-state index < -0.39 is 5.97 Å². The van der Waals surface area contributed by atoms with Gasteiger partial charge in [0, 0.05) is 5.02 Å². The van der Waals surface area contributed by atoms with Crippen LogP contribution in [0.1, 0.15) is 82.6 Å². The molecule has 0 aromatic heterocycles. The number of rotatable bonds is 9. The van der Waals surface area contributed by atoms with Crippen molar-refractivity contribution >= 4 is 17.6 Å². The number of carboxylic acid groups (broad SMARTS) is 1. The molecule has 1 aromatic carbocycles. The minimum absolute atomic E-state index is 0.169. The normalized spacial score (nSPS) is 27.9. The second-order valence-electron chi connectivity index (χ2n) is 9.44. The van der Waals surface area contributed by atoms with Crippen LogP contribution in [-0.4, -0.2) is 11.1 Å². The van der Waals surface area contributed by atoms with Crippen LogP contribution in [0.4, 0.5) is 0 Å². The highest BCUT2D eigenvalue weighted by Crippen LogP contribution is 2.38. The molecule has 2 aliphatic carbocycles. The van der Waals surface area contributed by atoms with Crippen LogP contribution in [0.2, 0.25) is 5.02 Å². The molecule has 0 bridgehead atoms. The highest BCUT2D eigenvalue weighted by molar-refractivity contribution is 6.30. The summed E-state index contributed by atoms with van der Waals surface area (Å²) in [6.45, 7) is 0. The molecule has 2 fully saturated rings. The third-order valence-electron chi connectivity index (χ3n) is 7.30. The van der Waals surface area contributed by atoms with E-state index in [1.165, 1.54) is 82.6 Å². The minimum atomic E-state index is -0.727. The second kappa shape index (κ2) is 11.8. The van der Waals surface area contributed by atoms with Crippen molar-refractivity contribution in [2.24, 2.45) is 23.7 Å². The third-order valence-corrected chi connectivity index (χ3v) is 7.55. The summed E-state index contributed by atoms with van der Waals surface area (Å²) in [5.41, 5.74) is 1.42. The summed E-state index contributed by atoms with van der Waals surface area (Å²) in [7, 11) is 0. The van der Waals surface area contributed by atoms with Crippen LogP contribution in [0.5, 0.6) is 0 Å². The fourth-order valence-corrected chi connectivity index (χ4v) is 5.46. The van der Waals surface area contributed by atoms with Gasteiger partial charge in [-0.1, -0.05) is 74.4 Å². The predicted molar refractivity (Wildman–Crippen MR) is 121 cm³/mol. The average molecular weight is 417 g/mol. The van der Waals surface area contributed by atoms with Crippen LogP contribution < -0.4 is 0 Å². The average Bonchev–Trinajstić information content (AvgIpc) is 2.73. The molecule has 1 aromatic rings. The van der Waals surface area contributed by atoms with Crippen LogP contribution in [-0.2, 0) is 11.2 Å². The lowest BCUT2D eigenvalue weighted by molar-refractivity contribution is -0.136. The highest BCUT2D eigenvalue weighted by Gasteiger charge is 2.24. The van der Waals surface area contributed by atoms with E-state index in [9.17, 15) is 4.79 Å². The fourth-order valence-electron chi connectivity index (χ4n) is 5.33. The fraction of sp³-hybridized carbons (Fsp3) is 0.654. The number of hydrogen-bond acceptors (Lipinski definition) is 1. The standard InChI is InChI=1S/C26H37ClO2/c27-25-18-16-24(17-19-25)15-14-23-12-10-22(11-13-23)9-8-21-6-4-20(5-7-21)2-1-3-26(28)29/h1-2,16-23H,3-15H2,(H,28,29). The van der Waals surface area contributed by atoms with Gasteiger partial charge in [-0.3, -0.25) is 4.79 Å². The van der Waals surface area contributed by atoms with Gasteiger partial charge in [-0.25, -0.2) is 0 Å². The molecular formula is C26H37ClO2. The Kier molecular flexibility index (Phi) is 9.11. The van der Waals surface area contributed by atoms with Gasteiger partial charge in [0.15, 0.2) is 0 Å². The summed E-state index contributed by atoms with van der Waals surface area (Å²) in [6, 6.07) is 8.36. The molecule has 0 amide bonds. The summed E-state index contributed by atoms with van der Waals surface area (Å²) in [6.07, 6.45) is 20.4. The number of allylic oxidation sites excluding steroid dienone is 1. The molecule has 3 heteroatoms. The molecule has 0 spiro atoms. The van der Waals surface area contributed by atoms with Crippen LogP contribution in [0.25, 0.3) is 0 Å². The number of carbonyl (C=O) groups is 1. The molecular weight excluding hydrogens is 380 g/mol. The first-order valence-electron chi connectivity index (χ1n) is 11.7. The largest absolute Gasteiger partial charge is 0.481 e. The first kappa shape index (κ1) is 22.4. The lowest BCUT2D eigenvalue weighted by Crippen LogP contribution is -2.18. The Morgan fingerprint density at radius 3 is 1.93 bits per heavy atom. The number of aryl methyl sites for hydroxylation is 1. The summed E-state index contributed by atoms with van der Waals surface area (Å²) in [4.78, 5) is 10.6. The van der Waals surface area contributed by atoms with Gasteiger partial charge in [0.1, 0.15) is 0 Å². The molecule has 2 aliphatic rings. The van der Waals surface area contributed by atoms with Gasteiger partial charge in [-0.2, -0.15) is 0 Å². The zero-order valence-corrected chi connectivity index (χ0v) is 18.5. The topological polar surface area (TPSA) is 37.3 Å². The minimum Gasteiger partial charge on any atom is -0.481 e. The van der Waals surface area contributed by atoms with Crippen molar-refractivity contribution in [3.8, 4) is 0 Å². The molecule has 0 unspecified atom stereocenters. The Labute approximate surface area is 181 Å². The van der Waals surface area contributed by atoms with E-state index in [1.54, 1.807) is 0 Å². The Balaban J connectivity index is 1.26. The third kappa shape index (κ3) is 8.16. The zero-order chi connectivity index (χ0) is 20.5. The molecule has 160 valence electrons. The van der Waals surface area contributed by atoms with Crippen LogP contribution >= 0.6 is 11.6 Å². The Bertz CT molecular complexity index is 635. The van der Waals surface area contributed by atoms with Crippen molar-refractivity contribution in [1.29, 1.82) is 0 Å². The maximum Gasteiger partial charge on any atom is 0.307 e. The molecule has 0 atom stereocenters. The van der Waals surface area contributed by atoms with Gasteiger partial charge >= 0.3 is 5.97 Å². The highest BCUT2D eigenvalue weighted by atomic mass is 35.5. The molecule has 0 saturated heterocycles. The van der Waals surface area contributed by atoms with Crippen molar-refractivity contribution in [3.63, 3.8) is 0 Å². The summed E-state index contributed by atoms with van der Waals surface area (Å²) < 4.78 is 0. The monoisotopic (exact) mass is 416 g/mol. The first-order chi connectivity index (χ1) is 14.1. The Hall–Kier alpha value is -1.28. The molecule has 3 rings (SSSR count). The number of aliphatic carboxylic acids is 1. The first-order valence-corrected chi connectivity index (χ1v) is 12.1. The van der Waals surface area contributed by atoms with E-state index in [0.717, 1.165) is 22.8 Å². The van der Waals surface area contributed by atoms with Gasteiger partial charge in [0.25, 0.3) is 0 Å². The van der Waals surface area contributed by atoms with E-state index >= 15 is 0 Å². The van der Waals surface area contributed by atoms with Gasteiger partial charge in [0.2, 0.25) is 0 Å². The maximum absolute atomic E-state index is 10.6. The summed E-state index contributed by atoms with van der Waals surface area (Å²) in [5.74, 6) is 2.66. The molecule has 0 aliphatic heterocycles.